The van der Waals surface area contributed by atoms with Crippen LogP contribution in [0.3, 0.4) is 0 Å². The predicted molar refractivity (Wildman–Crippen MR) is 94.4 cm³/mol. The first-order valence-electron chi connectivity index (χ1n) is 7.25. The third kappa shape index (κ3) is 3.60. The van der Waals surface area contributed by atoms with E-state index in [0.717, 1.165) is 11.3 Å². The summed E-state index contributed by atoms with van der Waals surface area (Å²) in [5, 5.41) is 14.4. The van der Waals surface area contributed by atoms with Crippen molar-refractivity contribution >= 4 is 40.0 Å². The molecule has 1 N–H and O–H groups in total. The van der Waals surface area contributed by atoms with E-state index < -0.39 is 0 Å². The molecule has 0 amide bonds. The van der Waals surface area contributed by atoms with Gasteiger partial charge in [0, 0.05) is 28.6 Å². The van der Waals surface area contributed by atoms with E-state index in [9.17, 15) is 10.1 Å². The number of nitrogens with zero attached hydrogens (tertiary/aromatic N) is 2. The van der Waals surface area contributed by atoms with Crippen molar-refractivity contribution in [1.29, 1.82) is 0 Å². The van der Waals surface area contributed by atoms with Crippen LogP contribution >= 0.6 is 23.2 Å². The summed E-state index contributed by atoms with van der Waals surface area (Å²) in [6, 6.07) is 10.7. The van der Waals surface area contributed by atoms with Crippen LogP contribution < -0.4 is 5.32 Å². The lowest BCUT2D eigenvalue weighted by Crippen LogP contribution is -2.09. The first-order chi connectivity index (χ1) is 11.5. The predicted octanol–water partition coefficient (Wildman–Crippen LogP) is 4.88. The zero-order valence-corrected chi connectivity index (χ0v) is 14.0. The molecule has 0 radical (unpaired) electrons. The highest BCUT2D eigenvalue weighted by Crippen LogP contribution is 2.34. The molecule has 3 rings (SSSR count). The smallest absolute Gasteiger partial charge is 0.229 e. The Hall–Kier alpha value is -2.31. The van der Waals surface area contributed by atoms with Gasteiger partial charge in [0.1, 0.15) is 5.52 Å². The van der Waals surface area contributed by atoms with E-state index in [-0.39, 0.29) is 11.5 Å². The number of para-hydroxylation sites is 1. The second-order valence-electron chi connectivity index (χ2n) is 5.14. The van der Waals surface area contributed by atoms with Gasteiger partial charge in [-0.2, -0.15) is 0 Å². The van der Waals surface area contributed by atoms with Crippen LogP contribution in [0, 0.1) is 10.1 Å². The van der Waals surface area contributed by atoms with Gasteiger partial charge < -0.3 is 9.73 Å². The van der Waals surface area contributed by atoms with E-state index in [1.165, 1.54) is 0 Å². The van der Waals surface area contributed by atoms with Crippen LogP contribution in [0.4, 0.5) is 5.69 Å². The summed E-state index contributed by atoms with van der Waals surface area (Å²) < 4.78 is 5.78. The minimum Gasteiger partial charge on any atom is -0.434 e. The zero-order valence-electron chi connectivity index (χ0n) is 12.5. The second kappa shape index (κ2) is 7.07. The van der Waals surface area contributed by atoms with E-state index in [1.807, 2.05) is 24.3 Å². The summed E-state index contributed by atoms with van der Waals surface area (Å²) in [6.07, 6.45) is 0.427. The highest BCUT2D eigenvalue weighted by atomic mass is 35.5. The first-order valence-corrected chi connectivity index (χ1v) is 8.01. The average molecular weight is 366 g/mol. The van der Waals surface area contributed by atoms with Gasteiger partial charge in [0.2, 0.25) is 12.4 Å². The summed E-state index contributed by atoms with van der Waals surface area (Å²) in [5.74, 6) is 0.409. The van der Waals surface area contributed by atoms with Gasteiger partial charge >= 0.3 is 0 Å². The number of rotatable bonds is 6. The van der Waals surface area contributed by atoms with Crippen LogP contribution in [0.2, 0.25) is 10.0 Å². The molecule has 8 heteroatoms. The van der Waals surface area contributed by atoms with E-state index >= 15 is 0 Å². The van der Waals surface area contributed by atoms with Crippen LogP contribution in [0.5, 0.6) is 0 Å². The monoisotopic (exact) mass is 365 g/mol. The third-order valence-electron chi connectivity index (χ3n) is 3.40. The molecule has 0 bridgehead atoms. The Morgan fingerprint density at radius 2 is 2.04 bits per heavy atom. The lowest BCUT2D eigenvalue weighted by atomic mass is 10.1. The van der Waals surface area contributed by atoms with Crippen molar-refractivity contribution in [3.63, 3.8) is 0 Å². The Balaban J connectivity index is 1.89. The highest BCUT2D eigenvalue weighted by Gasteiger charge is 2.14. The van der Waals surface area contributed by atoms with Gasteiger partial charge in [-0.15, -0.1) is 0 Å². The van der Waals surface area contributed by atoms with Crippen molar-refractivity contribution < 1.29 is 9.34 Å². The fourth-order valence-corrected chi connectivity index (χ4v) is 2.85. The normalized spacial score (nSPS) is 10.9. The number of halogens is 2. The molecular formula is C16H13Cl2N3O3. The third-order valence-corrected chi connectivity index (χ3v) is 3.90. The molecule has 0 spiro atoms. The molecule has 0 aliphatic heterocycles. The van der Waals surface area contributed by atoms with E-state index in [4.69, 9.17) is 27.6 Å². The highest BCUT2D eigenvalue weighted by molar-refractivity contribution is 6.38. The van der Waals surface area contributed by atoms with Crippen LogP contribution in [0.25, 0.3) is 22.6 Å². The standard InChI is InChI=1S/C16H13Cl2N3O3/c17-10-8-12(18)15-14(9-10)20-16(24-15)11-4-1-2-5-13(11)19-6-3-7-21(22)23/h1-2,4-5,8-9,19H,3,6-7H2. The molecular weight excluding hydrogens is 353 g/mol. The molecule has 0 saturated carbocycles. The number of hydrogen-bond acceptors (Lipinski definition) is 5. The molecule has 0 atom stereocenters. The lowest BCUT2D eigenvalue weighted by Gasteiger charge is -2.08. The fourth-order valence-electron chi connectivity index (χ4n) is 2.33. The molecule has 0 saturated heterocycles. The summed E-state index contributed by atoms with van der Waals surface area (Å²) >= 11 is 12.1. The Labute approximate surface area is 147 Å². The Bertz CT molecular complexity index is 895. The number of aromatic nitrogens is 1. The summed E-state index contributed by atoms with van der Waals surface area (Å²) in [5.41, 5.74) is 2.58. The lowest BCUT2D eigenvalue weighted by molar-refractivity contribution is -0.479. The second-order valence-corrected chi connectivity index (χ2v) is 5.98. The molecule has 24 heavy (non-hydrogen) atoms. The quantitative estimate of drug-likeness (QED) is 0.382. The largest absolute Gasteiger partial charge is 0.434 e. The van der Waals surface area contributed by atoms with Crippen molar-refractivity contribution in [3.05, 3.63) is 56.6 Å². The topological polar surface area (TPSA) is 81.2 Å². The molecule has 2 aromatic carbocycles. The van der Waals surface area contributed by atoms with Gasteiger partial charge in [0.25, 0.3) is 0 Å². The van der Waals surface area contributed by atoms with Crippen LogP contribution in [-0.4, -0.2) is 23.0 Å². The summed E-state index contributed by atoms with van der Waals surface area (Å²) in [7, 11) is 0. The number of nitrogens with one attached hydrogen (secondary N) is 1. The average Bonchev–Trinajstić information content (AvgIpc) is 2.96. The molecule has 6 nitrogen and oxygen atoms in total. The summed E-state index contributed by atoms with van der Waals surface area (Å²) in [4.78, 5) is 14.5. The molecule has 3 aromatic rings. The summed E-state index contributed by atoms with van der Waals surface area (Å²) in [6.45, 7) is 0.400. The van der Waals surface area contributed by atoms with Gasteiger partial charge in [-0.3, -0.25) is 10.1 Å². The minimum absolute atomic E-state index is 0.0772. The van der Waals surface area contributed by atoms with Crippen molar-refractivity contribution in [1.82, 2.24) is 4.98 Å². The van der Waals surface area contributed by atoms with Gasteiger partial charge in [0.15, 0.2) is 5.58 Å². The number of benzene rings is 2. The minimum atomic E-state index is -0.333. The van der Waals surface area contributed by atoms with Crippen LogP contribution in [-0.2, 0) is 0 Å². The fraction of sp³-hybridized carbons (Fsp3) is 0.188. The van der Waals surface area contributed by atoms with Gasteiger partial charge in [-0.05, 0) is 24.3 Å². The van der Waals surface area contributed by atoms with Crippen LogP contribution in [0.15, 0.2) is 40.8 Å². The maximum atomic E-state index is 10.4. The Kier molecular flexibility index (Phi) is 4.87. The molecule has 0 fully saturated rings. The van der Waals surface area contributed by atoms with Crippen molar-refractivity contribution in [3.8, 4) is 11.5 Å². The maximum Gasteiger partial charge on any atom is 0.229 e. The molecule has 1 aromatic heterocycles. The van der Waals surface area contributed by atoms with E-state index in [2.05, 4.69) is 10.3 Å². The maximum absolute atomic E-state index is 10.4. The Morgan fingerprint density at radius 1 is 1.25 bits per heavy atom. The molecule has 0 aliphatic rings. The van der Waals surface area contributed by atoms with E-state index in [0.29, 0.717) is 40.0 Å². The number of nitro groups is 1. The van der Waals surface area contributed by atoms with Gasteiger partial charge in [-0.25, -0.2) is 4.98 Å². The van der Waals surface area contributed by atoms with Gasteiger partial charge in [-0.1, -0.05) is 35.3 Å². The molecule has 124 valence electrons. The molecule has 1 heterocycles. The number of hydrogen-bond donors (Lipinski definition) is 1. The SMILES string of the molecule is O=[N+]([O-])CCCNc1ccccc1-c1nc2cc(Cl)cc(Cl)c2o1. The Morgan fingerprint density at radius 3 is 2.83 bits per heavy atom. The van der Waals surface area contributed by atoms with Crippen molar-refractivity contribution in [2.75, 3.05) is 18.4 Å². The van der Waals surface area contributed by atoms with E-state index in [1.54, 1.807) is 12.1 Å². The zero-order chi connectivity index (χ0) is 17.1. The number of fused-ring (bicyclic) bond motifs is 1. The van der Waals surface area contributed by atoms with Crippen molar-refractivity contribution in [2.24, 2.45) is 0 Å². The number of oxazole rings is 1. The van der Waals surface area contributed by atoms with Gasteiger partial charge in [0.05, 0.1) is 10.6 Å². The number of anilines is 1. The van der Waals surface area contributed by atoms with Crippen LogP contribution in [0.1, 0.15) is 6.42 Å². The van der Waals surface area contributed by atoms with Crippen molar-refractivity contribution in [2.45, 2.75) is 6.42 Å². The molecule has 0 aliphatic carbocycles. The molecule has 0 unspecified atom stereocenters. The first kappa shape index (κ1) is 16.5.